The summed E-state index contributed by atoms with van der Waals surface area (Å²) in [5.41, 5.74) is 1.14. The molecule has 1 unspecified atom stereocenters. The molecule has 1 heterocycles. The number of carbonyl (C=O) groups excluding carboxylic acids is 1. The number of hydrogen-bond donors (Lipinski definition) is 1. The molecule has 1 N–H and O–H groups in total. The highest BCUT2D eigenvalue weighted by Crippen LogP contribution is 2.20. The number of carbonyl (C=O) groups is 1. The van der Waals surface area contributed by atoms with Crippen molar-refractivity contribution in [3.63, 3.8) is 0 Å². The lowest BCUT2D eigenvalue weighted by Crippen LogP contribution is -2.27. The van der Waals surface area contributed by atoms with Crippen LogP contribution >= 0.6 is 11.3 Å². The van der Waals surface area contributed by atoms with Crippen LogP contribution in [0.5, 0.6) is 0 Å². The Bertz CT molecular complexity index is 384. The quantitative estimate of drug-likeness (QED) is 0.852. The predicted octanol–water partition coefficient (Wildman–Crippen LogP) is 2.25. The molecule has 0 radical (unpaired) electrons. The first kappa shape index (κ1) is 11.7. The summed E-state index contributed by atoms with van der Waals surface area (Å²) in [7, 11) is 0. The molecule has 0 saturated heterocycles. The molecule has 3 nitrogen and oxygen atoms in total. The second-order valence-electron chi connectivity index (χ2n) is 3.59. The largest absolute Gasteiger partial charge is 0.350 e. The average molecular weight is 222 g/mol. The lowest BCUT2D eigenvalue weighted by Gasteiger charge is -2.03. The minimum Gasteiger partial charge on any atom is -0.350 e. The number of rotatable bonds is 3. The van der Waals surface area contributed by atoms with Crippen LogP contribution in [0.1, 0.15) is 27.0 Å². The summed E-state index contributed by atoms with van der Waals surface area (Å²) in [6.45, 7) is 6.17. The van der Waals surface area contributed by atoms with Gasteiger partial charge >= 0.3 is 0 Å². The third-order valence-electron chi connectivity index (χ3n) is 2.18. The lowest BCUT2D eigenvalue weighted by atomic mass is 10.2. The number of nitrogens with zero attached hydrogens (tertiary/aromatic N) is 1. The van der Waals surface area contributed by atoms with Crippen molar-refractivity contribution in [1.29, 1.82) is 5.26 Å². The summed E-state index contributed by atoms with van der Waals surface area (Å²) in [6, 6.07) is 3.96. The Morgan fingerprint density at radius 2 is 2.33 bits per heavy atom. The van der Waals surface area contributed by atoms with E-state index in [9.17, 15) is 4.79 Å². The molecule has 0 aliphatic carbocycles. The zero-order valence-corrected chi connectivity index (χ0v) is 9.94. The van der Waals surface area contributed by atoms with E-state index in [2.05, 4.69) is 11.4 Å². The molecule has 1 aromatic rings. The fourth-order valence-electron chi connectivity index (χ4n) is 1.06. The highest BCUT2D eigenvalue weighted by atomic mass is 32.1. The fraction of sp³-hybridized carbons (Fsp3) is 0.455. The highest BCUT2D eigenvalue weighted by molar-refractivity contribution is 7.14. The number of thiophene rings is 1. The van der Waals surface area contributed by atoms with E-state index in [-0.39, 0.29) is 11.8 Å². The van der Waals surface area contributed by atoms with Crippen molar-refractivity contribution >= 4 is 17.2 Å². The van der Waals surface area contributed by atoms with Crippen molar-refractivity contribution in [2.45, 2.75) is 20.8 Å². The molecule has 15 heavy (non-hydrogen) atoms. The maximum atomic E-state index is 11.6. The maximum Gasteiger partial charge on any atom is 0.261 e. The normalized spacial score (nSPS) is 11.9. The zero-order chi connectivity index (χ0) is 11.4. The van der Waals surface area contributed by atoms with Gasteiger partial charge in [-0.25, -0.2) is 0 Å². The Labute approximate surface area is 93.7 Å². The van der Waals surface area contributed by atoms with Gasteiger partial charge in [-0.15, -0.1) is 11.3 Å². The first-order chi connectivity index (χ1) is 7.04. The molecule has 1 amide bonds. The van der Waals surface area contributed by atoms with Gasteiger partial charge in [-0.05, 0) is 32.4 Å². The summed E-state index contributed by atoms with van der Waals surface area (Å²) < 4.78 is 0. The Balaban J connectivity index is 2.59. The smallest absolute Gasteiger partial charge is 0.261 e. The van der Waals surface area contributed by atoms with Gasteiger partial charge in [0.05, 0.1) is 16.9 Å². The van der Waals surface area contributed by atoms with E-state index in [1.807, 2.05) is 19.9 Å². The molecular formula is C11H14N2OS. The van der Waals surface area contributed by atoms with Crippen molar-refractivity contribution in [2.75, 3.05) is 6.54 Å². The monoisotopic (exact) mass is 222 g/mol. The van der Waals surface area contributed by atoms with Crippen molar-refractivity contribution in [3.05, 3.63) is 21.4 Å². The third kappa shape index (κ3) is 3.07. The van der Waals surface area contributed by atoms with Crippen LogP contribution in [-0.2, 0) is 0 Å². The number of nitriles is 1. The number of nitrogens with one attached hydrogen (secondary N) is 1. The Morgan fingerprint density at radius 1 is 1.67 bits per heavy atom. The van der Waals surface area contributed by atoms with Crippen molar-refractivity contribution in [2.24, 2.45) is 5.92 Å². The van der Waals surface area contributed by atoms with Gasteiger partial charge in [0.2, 0.25) is 0 Å². The second-order valence-corrected chi connectivity index (χ2v) is 4.85. The summed E-state index contributed by atoms with van der Waals surface area (Å²) in [5.74, 6) is -0.227. The number of aryl methyl sites for hydroxylation is 2. The predicted molar refractivity (Wildman–Crippen MR) is 60.9 cm³/mol. The van der Waals surface area contributed by atoms with Crippen LogP contribution in [0.4, 0.5) is 0 Å². The van der Waals surface area contributed by atoms with E-state index in [1.54, 1.807) is 6.92 Å². The molecule has 80 valence electrons. The molecule has 1 aromatic heterocycles. The number of hydrogen-bond acceptors (Lipinski definition) is 3. The Morgan fingerprint density at radius 3 is 2.80 bits per heavy atom. The van der Waals surface area contributed by atoms with Crippen LogP contribution < -0.4 is 5.32 Å². The average Bonchev–Trinajstić information content (AvgIpc) is 2.55. The van der Waals surface area contributed by atoms with E-state index < -0.39 is 0 Å². The standard InChI is InChI=1S/C11H14N2OS/c1-7(5-12)6-13-11(14)10-4-8(2)9(3)15-10/h4,7H,6H2,1-3H3,(H,13,14). The minimum absolute atomic E-state index is 0.0849. The second kappa shape index (κ2) is 4.94. The molecule has 0 bridgehead atoms. The number of amides is 1. The molecule has 0 aliphatic rings. The van der Waals surface area contributed by atoms with E-state index in [0.717, 1.165) is 15.3 Å². The van der Waals surface area contributed by atoms with Crippen LogP contribution in [0.25, 0.3) is 0 Å². The van der Waals surface area contributed by atoms with Gasteiger partial charge in [0, 0.05) is 11.4 Å². The molecule has 0 saturated carbocycles. The molecule has 0 fully saturated rings. The van der Waals surface area contributed by atoms with Gasteiger partial charge in [0.15, 0.2) is 0 Å². The fourth-order valence-corrected chi connectivity index (χ4v) is 2.01. The van der Waals surface area contributed by atoms with E-state index in [1.165, 1.54) is 11.3 Å². The van der Waals surface area contributed by atoms with Crippen LogP contribution in [-0.4, -0.2) is 12.5 Å². The Hall–Kier alpha value is -1.34. The Kier molecular flexibility index (Phi) is 3.87. The van der Waals surface area contributed by atoms with Crippen molar-refractivity contribution in [3.8, 4) is 6.07 Å². The van der Waals surface area contributed by atoms with Gasteiger partial charge in [0.25, 0.3) is 5.91 Å². The van der Waals surface area contributed by atoms with E-state index in [4.69, 9.17) is 5.26 Å². The highest BCUT2D eigenvalue weighted by Gasteiger charge is 2.10. The van der Waals surface area contributed by atoms with E-state index in [0.29, 0.717) is 6.54 Å². The zero-order valence-electron chi connectivity index (χ0n) is 9.13. The van der Waals surface area contributed by atoms with Crippen LogP contribution in [0.15, 0.2) is 6.07 Å². The van der Waals surface area contributed by atoms with Crippen LogP contribution in [0.3, 0.4) is 0 Å². The molecule has 1 atom stereocenters. The lowest BCUT2D eigenvalue weighted by molar-refractivity contribution is 0.0955. The summed E-state index contributed by atoms with van der Waals surface area (Å²) in [5, 5.41) is 11.3. The molecule has 1 rings (SSSR count). The first-order valence-electron chi connectivity index (χ1n) is 4.79. The summed E-state index contributed by atoms with van der Waals surface area (Å²) >= 11 is 1.49. The van der Waals surface area contributed by atoms with Crippen molar-refractivity contribution in [1.82, 2.24) is 5.32 Å². The first-order valence-corrected chi connectivity index (χ1v) is 5.61. The molecular weight excluding hydrogens is 208 g/mol. The van der Waals surface area contributed by atoms with Crippen LogP contribution in [0, 0.1) is 31.1 Å². The molecule has 0 aromatic carbocycles. The van der Waals surface area contributed by atoms with Crippen LogP contribution in [0.2, 0.25) is 0 Å². The maximum absolute atomic E-state index is 11.6. The van der Waals surface area contributed by atoms with Gasteiger partial charge in [-0.1, -0.05) is 0 Å². The third-order valence-corrected chi connectivity index (χ3v) is 3.33. The van der Waals surface area contributed by atoms with Gasteiger partial charge < -0.3 is 5.32 Å². The summed E-state index contributed by atoms with van der Waals surface area (Å²) in [4.78, 5) is 13.5. The topological polar surface area (TPSA) is 52.9 Å². The van der Waals surface area contributed by atoms with Gasteiger partial charge in [-0.3, -0.25) is 4.79 Å². The van der Waals surface area contributed by atoms with E-state index >= 15 is 0 Å². The molecule has 0 aliphatic heterocycles. The van der Waals surface area contributed by atoms with Gasteiger partial charge in [-0.2, -0.15) is 5.26 Å². The minimum atomic E-state index is -0.142. The SMILES string of the molecule is Cc1cc(C(=O)NCC(C)C#N)sc1C. The molecule has 4 heteroatoms. The van der Waals surface area contributed by atoms with Crippen molar-refractivity contribution < 1.29 is 4.79 Å². The van der Waals surface area contributed by atoms with Gasteiger partial charge in [0.1, 0.15) is 0 Å². The summed E-state index contributed by atoms with van der Waals surface area (Å²) in [6.07, 6.45) is 0. The molecule has 0 spiro atoms.